The predicted molar refractivity (Wildman–Crippen MR) is 68.7 cm³/mol. The van der Waals surface area contributed by atoms with Crippen molar-refractivity contribution in [1.82, 2.24) is 10.2 Å². The van der Waals surface area contributed by atoms with Crippen LogP contribution in [-0.2, 0) is 0 Å². The molecular weight excluding hydrogens is 232 g/mol. The van der Waals surface area contributed by atoms with E-state index in [4.69, 9.17) is 10.5 Å². The molecular formula is C12H14N4O2. The standard InChI is InChI=1S/C12H14N4O2/c1-7-6-10(16-15-7)14-12(17)8-4-3-5-9(18-2)11(8)13/h3-6H,13H2,1-2H3,(H2,14,15,16,17). The van der Waals surface area contributed by atoms with E-state index in [1.807, 2.05) is 6.92 Å². The van der Waals surface area contributed by atoms with Crippen LogP contribution in [0.4, 0.5) is 11.5 Å². The minimum Gasteiger partial charge on any atom is -0.495 e. The average Bonchev–Trinajstić information content (AvgIpc) is 2.75. The second-order valence-corrected chi connectivity index (χ2v) is 3.81. The van der Waals surface area contributed by atoms with Gasteiger partial charge < -0.3 is 15.8 Å². The maximum absolute atomic E-state index is 12.0. The number of hydrogen-bond acceptors (Lipinski definition) is 4. The molecule has 1 amide bonds. The summed E-state index contributed by atoms with van der Waals surface area (Å²) in [6.45, 7) is 1.85. The monoisotopic (exact) mass is 246 g/mol. The molecule has 0 saturated carbocycles. The number of aryl methyl sites for hydroxylation is 1. The van der Waals surface area contributed by atoms with Crippen molar-refractivity contribution in [3.05, 3.63) is 35.5 Å². The van der Waals surface area contributed by atoms with Crippen molar-refractivity contribution in [2.45, 2.75) is 6.92 Å². The Morgan fingerprint density at radius 2 is 2.28 bits per heavy atom. The van der Waals surface area contributed by atoms with Gasteiger partial charge in [0, 0.05) is 11.8 Å². The number of carbonyl (C=O) groups excluding carboxylic acids is 1. The van der Waals surface area contributed by atoms with Gasteiger partial charge in [-0.05, 0) is 19.1 Å². The summed E-state index contributed by atoms with van der Waals surface area (Å²) >= 11 is 0. The Labute approximate surface area is 104 Å². The van der Waals surface area contributed by atoms with Crippen LogP contribution < -0.4 is 15.8 Å². The van der Waals surface area contributed by atoms with E-state index >= 15 is 0 Å². The molecule has 0 aliphatic heterocycles. The summed E-state index contributed by atoms with van der Waals surface area (Å²) in [5.74, 6) is 0.610. The highest BCUT2D eigenvalue weighted by molar-refractivity contribution is 6.08. The summed E-state index contributed by atoms with van der Waals surface area (Å²) in [4.78, 5) is 12.0. The van der Waals surface area contributed by atoms with Gasteiger partial charge in [0.05, 0.1) is 18.4 Å². The fourth-order valence-corrected chi connectivity index (χ4v) is 1.59. The van der Waals surface area contributed by atoms with Crippen molar-refractivity contribution < 1.29 is 9.53 Å². The van der Waals surface area contributed by atoms with Crippen LogP contribution in [0.25, 0.3) is 0 Å². The van der Waals surface area contributed by atoms with Gasteiger partial charge in [-0.2, -0.15) is 5.10 Å². The van der Waals surface area contributed by atoms with Gasteiger partial charge in [-0.15, -0.1) is 0 Å². The molecule has 1 aromatic heterocycles. The summed E-state index contributed by atoms with van der Waals surface area (Å²) in [5.41, 5.74) is 7.37. The van der Waals surface area contributed by atoms with Gasteiger partial charge in [-0.3, -0.25) is 9.89 Å². The van der Waals surface area contributed by atoms with Crippen LogP contribution in [0.1, 0.15) is 16.1 Å². The smallest absolute Gasteiger partial charge is 0.259 e. The third kappa shape index (κ3) is 2.27. The number of benzene rings is 1. The lowest BCUT2D eigenvalue weighted by Crippen LogP contribution is -2.14. The number of aromatic amines is 1. The molecule has 0 radical (unpaired) electrons. The number of nitrogens with one attached hydrogen (secondary N) is 2. The number of nitrogens with zero attached hydrogens (tertiary/aromatic N) is 1. The number of methoxy groups -OCH3 is 1. The van der Waals surface area contributed by atoms with E-state index in [0.29, 0.717) is 22.8 Å². The first-order valence-corrected chi connectivity index (χ1v) is 5.37. The first kappa shape index (κ1) is 12.0. The fourth-order valence-electron chi connectivity index (χ4n) is 1.59. The number of anilines is 2. The Hall–Kier alpha value is -2.50. The topological polar surface area (TPSA) is 93.0 Å². The molecule has 4 N–H and O–H groups in total. The van der Waals surface area contributed by atoms with Crippen molar-refractivity contribution in [1.29, 1.82) is 0 Å². The predicted octanol–water partition coefficient (Wildman–Crippen LogP) is 1.56. The van der Waals surface area contributed by atoms with Gasteiger partial charge in [0.1, 0.15) is 5.75 Å². The average molecular weight is 246 g/mol. The van der Waals surface area contributed by atoms with E-state index in [2.05, 4.69) is 15.5 Å². The summed E-state index contributed by atoms with van der Waals surface area (Å²) in [7, 11) is 1.50. The lowest BCUT2D eigenvalue weighted by atomic mass is 10.1. The maximum Gasteiger partial charge on any atom is 0.259 e. The zero-order valence-electron chi connectivity index (χ0n) is 10.2. The Bertz CT molecular complexity index is 577. The molecule has 0 unspecified atom stereocenters. The summed E-state index contributed by atoms with van der Waals surface area (Å²) in [6, 6.07) is 6.77. The normalized spacial score (nSPS) is 10.1. The minimum atomic E-state index is -0.321. The second-order valence-electron chi connectivity index (χ2n) is 3.81. The maximum atomic E-state index is 12.0. The number of carbonyl (C=O) groups is 1. The van der Waals surface area contributed by atoms with Gasteiger partial charge >= 0.3 is 0 Å². The molecule has 18 heavy (non-hydrogen) atoms. The quantitative estimate of drug-likeness (QED) is 0.716. The van der Waals surface area contributed by atoms with Crippen LogP contribution in [0.15, 0.2) is 24.3 Å². The first-order valence-electron chi connectivity index (χ1n) is 5.37. The molecule has 1 heterocycles. The number of para-hydroxylation sites is 1. The van der Waals surface area contributed by atoms with Crippen LogP contribution in [0.2, 0.25) is 0 Å². The van der Waals surface area contributed by atoms with Gasteiger partial charge in [-0.25, -0.2) is 0 Å². The highest BCUT2D eigenvalue weighted by Gasteiger charge is 2.13. The van der Waals surface area contributed by atoms with Gasteiger partial charge in [0.25, 0.3) is 5.91 Å². The lowest BCUT2D eigenvalue weighted by Gasteiger charge is -2.09. The highest BCUT2D eigenvalue weighted by Crippen LogP contribution is 2.25. The molecule has 0 aliphatic rings. The number of H-pyrrole nitrogens is 1. The summed E-state index contributed by atoms with van der Waals surface area (Å²) < 4.78 is 5.06. The number of nitrogen functional groups attached to an aromatic ring is 1. The van der Waals surface area contributed by atoms with Crippen LogP contribution in [-0.4, -0.2) is 23.2 Å². The molecule has 0 saturated heterocycles. The molecule has 0 aliphatic carbocycles. The zero-order valence-corrected chi connectivity index (χ0v) is 10.2. The van der Waals surface area contributed by atoms with E-state index in [9.17, 15) is 4.79 Å². The Kier molecular flexibility index (Phi) is 3.18. The number of ether oxygens (including phenoxy) is 1. The summed E-state index contributed by atoms with van der Waals surface area (Å²) in [6.07, 6.45) is 0. The van der Waals surface area contributed by atoms with Gasteiger partial charge in [0.2, 0.25) is 0 Å². The zero-order chi connectivity index (χ0) is 13.1. The van der Waals surface area contributed by atoms with E-state index in [0.717, 1.165) is 5.69 Å². The molecule has 0 fully saturated rings. The Morgan fingerprint density at radius 3 is 2.89 bits per heavy atom. The van der Waals surface area contributed by atoms with Crippen molar-refractivity contribution in [2.75, 3.05) is 18.2 Å². The van der Waals surface area contributed by atoms with Gasteiger partial charge in [-0.1, -0.05) is 6.07 Å². The number of nitrogens with two attached hydrogens (primary N) is 1. The van der Waals surface area contributed by atoms with Crippen molar-refractivity contribution in [3.8, 4) is 5.75 Å². The number of aromatic nitrogens is 2. The molecule has 94 valence electrons. The highest BCUT2D eigenvalue weighted by atomic mass is 16.5. The molecule has 6 nitrogen and oxygen atoms in total. The largest absolute Gasteiger partial charge is 0.495 e. The molecule has 2 rings (SSSR count). The summed E-state index contributed by atoms with van der Waals surface area (Å²) in [5, 5.41) is 9.32. The van der Waals surface area contributed by atoms with Crippen LogP contribution in [0.5, 0.6) is 5.75 Å². The molecule has 0 bridgehead atoms. The third-order valence-electron chi connectivity index (χ3n) is 2.48. The molecule has 0 spiro atoms. The van der Waals surface area contributed by atoms with E-state index < -0.39 is 0 Å². The van der Waals surface area contributed by atoms with Crippen molar-refractivity contribution in [3.63, 3.8) is 0 Å². The Balaban J connectivity index is 2.24. The molecule has 2 aromatic rings. The van der Waals surface area contributed by atoms with Crippen LogP contribution in [0.3, 0.4) is 0 Å². The fraction of sp³-hybridized carbons (Fsp3) is 0.167. The lowest BCUT2D eigenvalue weighted by molar-refractivity contribution is 0.102. The molecule has 1 aromatic carbocycles. The molecule has 0 atom stereocenters. The Morgan fingerprint density at radius 1 is 1.50 bits per heavy atom. The van der Waals surface area contributed by atoms with Crippen LogP contribution >= 0.6 is 0 Å². The van der Waals surface area contributed by atoms with E-state index in [1.54, 1.807) is 24.3 Å². The van der Waals surface area contributed by atoms with Crippen LogP contribution in [0, 0.1) is 6.92 Å². The SMILES string of the molecule is COc1cccc(C(=O)Nc2cc(C)[nH]n2)c1N. The van der Waals surface area contributed by atoms with Crippen molar-refractivity contribution in [2.24, 2.45) is 0 Å². The number of amides is 1. The van der Waals surface area contributed by atoms with E-state index in [-0.39, 0.29) is 5.91 Å². The van der Waals surface area contributed by atoms with Gasteiger partial charge in [0.15, 0.2) is 5.82 Å². The second kappa shape index (κ2) is 4.79. The van der Waals surface area contributed by atoms with E-state index in [1.165, 1.54) is 7.11 Å². The number of rotatable bonds is 3. The molecule has 6 heteroatoms. The number of hydrogen-bond donors (Lipinski definition) is 3. The third-order valence-corrected chi connectivity index (χ3v) is 2.48. The first-order chi connectivity index (χ1) is 8.61. The minimum absolute atomic E-state index is 0.310. The van der Waals surface area contributed by atoms with Crippen molar-refractivity contribution >= 4 is 17.4 Å².